The van der Waals surface area contributed by atoms with Gasteiger partial charge in [-0.1, -0.05) is 53.0 Å². The van der Waals surface area contributed by atoms with Crippen molar-refractivity contribution in [3.63, 3.8) is 0 Å². The zero-order valence-electron chi connectivity index (χ0n) is 15.8. The van der Waals surface area contributed by atoms with Gasteiger partial charge >= 0.3 is 6.18 Å². The molecule has 158 valence electrons. The van der Waals surface area contributed by atoms with Gasteiger partial charge in [0.1, 0.15) is 0 Å². The number of amides is 1. The van der Waals surface area contributed by atoms with Gasteiger partial charge in [-0.15, -0.1) is 0 Å². The average Bonchev–Trinajstić information content (AvgIpc) is 3.14. The number of halogens is 5. The lowest BCUT2D eigenvalue weighted by Crippen LogP contribution is -2.16. The third-order valence-corrected chi connectivity index (χ3v) is 5.04. The normalized spacial score (nSPS) is 11.7. The second-order valence-electron chi connectivity index (χ2n) is 6.77. The summed E-state index contributed by atoms with van der Waals surface area (Å²) in [7, 11) is 0. The highest BCUT2D eigenvalue weighted by Gasteiger charge is 2.35. The molecule has 2 heterocycles. The lowest BCUT2D eigenvalue weighted by Gasteiger charge is -2.11. The number of fused-ring (bicyclic) bond motifs is 1. The minimum Gasteiger partial charge on any atom is -0.319 e. The number of rotatable bonds is 3. The molecule has 0 radical (unpaired) electrons. The summed E-state index contributed by atoms with van der Waals surface area (Å²) >= 11 is 11.9. The Bertz CT molecular complexity index is 1300. The molecule has 0 fully saturated rings. The van der Waals surface area contributed by atoms with Crippen LogP contribution in [0, 0.1) is 6.92 Å². The largest absolute Gasteiger partial charge is 0.433 e. The Hall–Kier alpha value is -3.10. The van der Waals surface area contributed by atoms with Gasteiger partial charge < -0.3 is 5.32 Å². The van der Waals surface area contributed by atoms with Crippen molar-refractivity contribution in [3.8, 4) is 11.3 Å². The van der Waals surface area contributed by atoms with Crippen LogP contribution >= 0.6 is 23.2 Å². The summed E-state index contributed by atoms with van der Waals surface area (Å²) in [6.45, 7) is 1.87. The van der Waals surface area contributed by atoms with E-state index in [1.807, 2.05) is 6.92 Å². The molecule has 1 amide bonds. The van der Waals surface area contributed by atoms with Crippen LogP contribution in [0.3, 0.4) is 0 Å². The van der Waals surface area contributed by atoms with Crippen molar-refractivity contribution in [2.75, 3.05) is 5.32 Å². The van der Waals surface area contributed by atoms with Gasteiger partial charge in [-0.05, 0) is 31.2 Å². The summed E-state index contributed by atoms with van der Waals surface area (Å²) in [4.78, 5) is 16.9. The van der Waals surface area contributed by atoms with Gasteiger partial charge in [0.25, 0.3) is 5.91 Å². The Kier molecular flexibility index (Phi) is 5.36. The first-order chi connectivity index (χ1) is 14.6. The minimum absolute atomic E-state index is 0.115. The molecule has 2 aromatic carbocycles. The number of alkyl halides is 3. The second-order valence-corrected chi connectivity index (χ2v) is 7.61. The smallest absolute Gasteiger partial charge is 0.319 e. The van der Waals surface area contributed by atoms with Crippen LogP contribution in [0.2, 0.25) is 10.0 Å². The first-order valence-corrected chi connectivity index (χ1v) is 9.69. The Balaban J connectivity index is 1.79. The number of hydrogen-bond donors (Lipinski definition) is 1. The van der Waals surface area contributed by atoms with E-state index in [9.17, 15) is 18.0 Å². The van der Waals surface area contributed by atoms with Crippen LogP contribution in [0.4, 0.5) is 18.9 Å². The molecule has 0 spiro atoms. The van der Waals surface area contributed by atoms with E-state index in [0.717, 1.165) is 11.6 Å². The number of aromatic nitrogens is 3. The molecule has 4 rings (SSSR count). The van der Waals surface area contributed by atoms with Crippen LogP contribution in [-0.2, 0) is 6.18 Å². The van der Waals surface area contributed by atoms with Gasteiger partial charge in [0.05, 0.1) is 16.4 Å². The summed E-state index contributed by atoms with van der Waals surface area (Å²) in [6.07, 6.45) is -4.71. The predicted octanol–water partition coefficient (Wildman–Crippen LogP) is 6.28. The molecule has 0 atom stereocenters. The van der Waals surface area contributed by atoms with Crippen molar-refractivity contribution in [2.24, 2.45) is 0 Å². The molecule has 2 aromatic heterocycles. The average molecular weight is 465 g/mol. The highest BCUT2D eigenvalue weighted by atomic mass is 35.5. The molecular formula is C21H13Cl2F3N4O. The van der Waals surface area contributed by atoms with Crippen molar-refractivity contribution in [3.05, 3.63) is 81.6 Å². The van der Waals surface area contributed by atoms with Crippen molar-refractivity contribution < 1.29 is 18.0 Å². The van der Waals surface area contributed by atoms with Crippen molar-refractivity contribution >= 4 is 40.4 Å². The number of benzene rings is 2. The minimum atomic E-state index is -4.71. The maximum Gasteiger partial charge on any atom is 0.433 e. The Morgan fingerprint density at radius 1 is 1.03 bits per heavy atom. The van der Waals surface area contributed by atoms with E-state index in [4.69, 9.17) is 23.2 Å². The number of anilines is 1. The van der Waals surface area contributed by atoms with Crippen LogP contribution in [0.5, 0.6) is 0 Å². The summed E-state index contributed by atoms with van der Waals surface area (Å²) in [5, 5.41) is 6.87. The SMILES string of the molecule is Cc1ccc(-c2cc(C(F)(F)F)n3nc(C(=O)Nc4cc(Cl)ccc4Cl)cc3n2)cc1. The molecule has 10 heteroatoms. The standard InChI is InChI=1S/C21H13Cl2F3N4O/c1-11-2-4-12(5-3-11)15-9-18(21(24,25)26)30-19(27-15)10-17(29-30)20(31)28-16-8-13(22)6-7-14(16)23/h2-10H,1H3,(H,28,31). The molecule has 0 aliphatic heterocycles. The number of carbonyl (C=O) groups is 1. The lowest BCUT2D eigenvalue weighted by atomic mass is 10.1. The van der Waals surface area contributed by atoms with Crippen LogP contribution in [-0.4, -0.2) is 20.5 Å². The monoisotopic (exact) mass is 464 g/mol. The molecule has 1 N–H and O–H groups in total. The fourth-order valence-electron chi connectivity index (χ4n) is 2.94. The Labute approximate surface area is 184 Å². The van der Waals surface area contributed by atoms with Crippen LogP contribution in [0.1, 0.15) is 21.7 Å². The molecule has 0 unspecified atom stereocenters. The molecule has 0 aliphatic rings. The van der Waals surface area contributed by atoms with E-state index < -0.39 is 17.8 Å². The molecule has 0 saturated heterocycles. The topological polar surface area (TPSA) is 59.3 Å². The fourth-order valence-corrected chi connectivity index (χ4v) is 3.28. The number of nitrogens with zero attached hydrogens (tertiary/aromatic N) is 3. The molecular weight excluding hydrogens is 452 g/mol. The van der Waals surface area contributed by atoms with Crippen molar-refractivity contribution in [2.45, 2.75) is 13.1 Å². The molecule has 0 bridgehead atoms. The molecule has 5 nitrogen and oxygen atoms in total. The highest BCUT2D eigenvalue weighted by Crippen LogP contribution is 2.32. The zero-order chi connectivity index (χ0) is 22.3. The zero-order valence-corrected chi connectivity index (χ0v) is 17.3. The summed E-state index contributed by atoms with van der Waals surface area (Å²) < 4.78 is 41.7. The Morgan fingerprint density at radius 3 is 2.42 bits per heavy atom. The van der Waals surface area contributed by atoms with Crippen molar-refractivity contribution in [1.82, 2.24) is 14.6 Å². The predicted molar refractivity (Wildman–Crippen MR) is 113 cm³/mol. The van der Waals surface area contributed by atoms with E-state index >= 15 is 0 Å². The van der Waals surface area contributed by atoms with Crippen LogP contribution < -0.4 is 5.32 Å². The molecule has 0 saturated carbocycles. The molecule has 31 heavy (non-hydrogen) atoms. The molecule has 4 aromatic rings. The quantitative estimate of drug-likeness (QED) is 0.387. The van der Waals surface area contributed by atoms with E-state index in [1.165, 1.54) is 24.3 Å². The van der Waals surface area contributed by atoms with Gasteiger partial charge in [0.2, 0.25) is 0 Å². The van der Waals surface area contributed by atoms with Crippen LogP contribution in [0.25, 0.3) is 16.9 Å². The van der Waals surface area contributed by atoms with E-state index in [0.29, 0.717) is 15.1 Å². The summed E-state index contributed by atoms with van der Waals surface area (Å²) in [5.41, 5.74) is 0.376. The fraction of sp³-hybridized carbons (Fsp3) is 0.0952. The van der Waals surface area contributed by atoms with Gasteiger partial charge in [-0.3, -0.25) is 4.79 Å². The maximum atomic E-state index is 13.7. The van der Waals surface area contributed by atoms with Gasteiger partial charge in [-0.2, -0.15) is 18.3 Å². The van der Waals surface area contributed by atoms with E-state index in [1.54, 1.807) is 24.3 Å². The van der Waals surface area contributed by atoms with Gasteiger partial charge in [0.15, 0.2) is 17.0 Å². The third-order valence-electron chi connectivity index (χ3n) is 4.47. The van der Waals surface area contributed by atoms with E-state index in [2.05, 4.69) is 15.4 Å². The third kappa shape index (κ3) is 4.35. The van der Waals surface area contributed by atoms with Crippen LogP contribution in [0.15, 0.2) is 54.6 Å². The first kappa shape index (κ1) is 21.1. The molecule has 0 aliphatic carbocycles. The van der Waals surface area contributed by atoms with Gasteiger partial charge in [-0.25, -0.2) is 9.50 Å². The number of hydrogen-bond acceptors (Lipinski definition) is 3. The number of nitrogens with one attached hydrogen (secondary N) is 1. The summed E-state index contributed by atoms with van der Waals surface area (Å²) in [6, 6.07) is 13.4. The lowest BCUT2D eigenvalue weighted by molar-refractivity contribution is -0.142. The Morgan fingerprint density at radius 2 is 1.74 bits per heavy atom. The second kappa shape index (κ2) is 7.86. The van der Waals surface area contributed by atoms with E-state index in [-0.39, 0.29) is 27.7 Å². The van der Waals surface area contributed by atoms with Gasteiger partial charge in [0, 0.05) is 16.7 Å². The number of carbonyl (C=O) groups excluding carboxylic acids is 1. The maximum absolute atomic E-state index is 13.7. The summed E-state index contributed by atoms with van der Waals surface area (Å²) in [5.74, 6) is -0.750. The number of aryl methyl sites for hydroxylation is 1. The first-order valence-electron chi connectivity index (χ1n) is 8.93. The highest BCUT2D eigenvalue weighted by molar-refractivity contribution is 6.35. The van der Waals surface area contributed by atoms with Crippen molar-refractivity contribution in [1.29, 1.82) is 0 Å².